The first-order valence-electron chi connectivity index (χ1n) is 6.64. The Bertz CT molecular complexity index is 431. The summed E-state index contributed by atoms with van der Waals surface area (Å²) in [5.74, 6) is 0.617. The summed E-state index contributed by atoms with van der Waals surface area (Å²) in [5.41, 5.74) is 6.63. The van der Waals surface area contributed by atoms with Gasteiger partial charge in [0.1, 0.15) is 5.75 Å². The molecular weight excluding hydrogens is 261 g/mol. The van der Waals surface area contributed by atoms with Crippen molar-refractivity contribution in [3.05, 3.63) is 29.8 Å². The van der Waals surface area contributed by atoms with Crippen molar-refractivity contribution in [2.75, 3.05) is 6.35 Å². The zero-order valence-corrected chi connectivity index (χ0v) is 12.8. The van der Waals surface area contributed by atoms with Crippen molar-refractivity contribution >= 4 is 7.37 Å². The Labute approximate surface area is 115 Å². The predicted molar refractivity (Wildman–Crippen MR) is 78.9 cm³/mol. The monoisotopic (exact) mass is 285 g/mol. The third-order valence-corrected chi connectivity index (χ3v) is 5.42. The number of nitrogens with two attached hydrogens (primary N) is 1. The van der Waals surface area contributed by atoms with E-state index in [4.69, 9.17) is 10.5 Å². The quantitative estimate of drug-likeness (QED) is 0.755. The standard InChI is InChI=1S/C14H24NO3P/c1-4-12(3)19(16,17)10-18-14-7-5-13(6-8-14)9-11(2)15/h5-8,11-12H,4,9-10,15H2,1-3H3,(H,16,17)/t11?,12-/m1/s1. The molecule has 2 unspecified atom stereocenters. The average molecular weight is 285 g/mol. The largest absolute Gasteiger partial charge is 0.484 e. The Hall–Kier alpha value is -0.830. The van der Waals surface area contributed by atoms with Gasteiger partial charge in [0.2, 0.25) is 7.37 Å². The van der Waals surface area contributed by atoms with Crippen LogP contribution >= 0.6 is 7.37 Å². The maximum absolute atomic E-state index is 11.9. The summed E-state index contributed by atoms with van der Waals surface area (Å²) in [5, 5.41) is 0. The molecule has 1 aromatic rings. The van der Waals surface area contributed by atoms with Crippen LogP contribution in [0.5, 0.6) is 5.75 Å². The molecule has 19 heavy (non-hydrogen) atoms. The molecule has 3 atom stereocenters. The number of ether oxygens (including phenoxy) is 1. The van der Waals surface area contributed by atoms with Crippen LogP contribution < -0.4 is 10.5 Å². The van der Waals surface area contributed by atoms with Crippen LogP contribution in [0.15, 0.2) is 24.3 Å². The van der Waals surface area contributed by atoms with Crippen LogP contribution in [0.1, 0.15) is 32.8 Å². The molecule has 0 aromatic heterocycles. The Balaban J connectivity index is 2.57. The van der Waals surface area contributed by atoms with Crippen molar-refractivity contribution in [1.82, 2.24) is 0 Å². The molecule has 0 spiro atoms. The van der Waals surface area contributed by atoms with E-state index in [9.17, 15) is 9.46 Å². The van der Waals surface area contributed by atoms with Crippen LogP contribution in [-0.4, -0.2) is 22.9 Å². The Morgan fingerprint density at radius 3 is 2.37 bits per heavy atom. The zero-order valence-electron chi connectivity index (χ0n) is 11.9. The predicted octanol–water partition coefficient (Wildman–Crippen LogP) is 2.98. The fourth-order valence-corrected chi connectivity index (χ4v) is 2.83. The fourth-order valence-electron chi connectivity index (χ4n) is 1.67. The molecule has 0 radical (unpaired) electrons. The Kier molecular flexibility index (Phi) is 6.05. The van der Waals surface area contributed by atoms with Crippen LogP contribution in [0.2, 0.25) is 0 Å². The van der Waals surface area contributed by atoms with E-state index in [0.717, 1.165) is 12.0 Å². The summed E-state index contributed by atoms with van der Waals surface area (Å²) in [6.45, 7) is 5.63. The highest BCUT2D eigenvalue weighted by atomic mass is 31.2. The number of rotatable bonds is 7. The molecule has 108 valence electrons. The Morgan fingerprint density at radius 1 is 1.32 bits per heavy atom. The van der Waals surface area contributed by atoms with Crippen molar-refractivity contribution in [1.29, 1.82) is 0 Å². The molecule has 1 aromatic carbocycles. The topological polar surface area (TPSA) is 72.5 Å². The summed E-state index contributed by atoms with van der Waals surface area (Å²) < 4.78 is 17.4. The minimum atomic E-state index is -3.23. The lowest BCUT2D eigenvalue weighted by molar-refractivity contribution is 0.344. The van der Waals surface area contributed by atoms with E-state index in [2.05, 4.69) is 0 Å². The van der Waals surface area contributed by atoms with Crippen LogP contribution in [0.3, 0.4) is 0 Å². The lowest BCUT2D eigenvalue weighted by Gasteiger charge is -2.18. The van der Waals surface area contributed by atoms with Gasteiger partial charge >= 0.3 is 0 Å². The second-order valence-electron chi connectivity index (χ2n) is 5.11. The van der Waals surface area contributed by atoms with Gasteiger partial charge in [-0.05, 0) is 37.5 Å². The zero-order chi connectivity index (χ0) is 14.5. The van der Waals surface area contributed by atoms with Gasteiger partial charge in [-0.25, -0.2) is 0 Å². The van der Waals surface area contributed by atoms with E-state index in [1.807, 2.05) is 38.1 Å². The van der Waals surface area contributed by atoms with Crippen molar-refractivity contribution in [2.45, 2.75) is 45.3 Å². The fraction of sp³-hybridized carbons (Fsp3) is 0.571. The van der Waals surface area contributed by atoms with Gasteiger partial charge in [0, 0.05) is 11.7 Å². The molecule has 0 aliphatic heterocycles. The molecule has 5 heteroatoms. The van der Waals surface area contributed by atoms with Gasteiger partial charge in [-0.2, -0.15) is 0 Å². The van der Waals surface area contributed by atoms with E-state index in [0.29, 0.717) is 12.2 Å². The highest BCUT2D eigenvalue weighted by Crippen LogP contribution is 2.47. The molecule has 0 aliphatic rings. The second kappa shape index (κ2) is 7.09. The second-order valence-corrected chi connectivity index (χ2v) is 7.76. The van der Waals surface area contributed by atoms with Gasteiger partial charge in [0.25, 0.3) is 0 Å². The highest BCUT2D eigenvalue weighted by Gasteiger charge is 2.26. The minimum Gasteiger partial charge on any atom is -0.484 e. The van der Waals surface area contributed by atoms with Crippen molar-refractivity contribution in [3.8, 4) is 5.75 Å². The molecule has 0 fully saturated rings. The van der Waals surface area contributed by atoms with Crippen LogP contribution in [0.25, 0.3) is 0 Å². The number of hydrogen-bond acceptors (Lipinski definition) is 3. The van der Waals surface area contributed by atoms with Gasteiger partial charge in [-0.1, -0.05) is 26.0 Å². The molecule has 0 bridgehead atoms. The van der Waals surface area contributed by atoms with E-state index in [-0.39, 0.29) is 18.0 Å². The molecule has 0 amide bonds. The maximum atomic E-state index is 11.9. The lowest BCUT2D eigenvalue weighted by atomic mass is 10.1. The first kappa shape index (κ1) is 16.2. The van der Waals surface area contributed by atoms with E-state index in [1.54, 1.807) is 6.92 Å². The van der Waals surface area contributed by atoms with Crippen molar-refractivity contribution in [3.63, 3.8) is 0 Å². The summed E-state index contributed by atoms with van der Waals surface area (Å²) in [6.07, 6.45) is 1.35. The third kappa shape index (κ3) is 5.35. The molecule has 0 aliphatic carbocycles. The molecule has 3 N–H and O–H groups in total. The highest BCUT2D eigenvalue weighted by molar-refractivity contribution is 7.58. The lowest BCUT2D eigenvalue weighted by Crippen LogP contribution is -2.17. The van der Waals surface area contributed by atoms with E-state index in [1.165, 1.54) is 0 Å². The molecular formula is C14H24NO3P. The summed E-state index contributed by atoms with van der Waals surface area (Å²) in [4.78, 5) is 9.83. The minimum absolute atomic E-state index is 0.120. The van der Waals surface area contributed by atoms with Crippen LogP contribution in [-0.2, 0) is 11.0 Å². The average Bonchev–Trinajstić information content (AvgIpc) is 2.36. The first-order valence-corrected chi connectivity index (χ1v) is 8.55. The maximum Gasteiger partial charge on any atom is 0.239 e. The molecule has 4 nitrogen and oxygen atoms in total. The summed E-state index contributed by atoms with van der Waals surface area (Å²) >= 11 is 0. The Morgan fingerprint density at radius 2 is 1.89 bits per heavy atom. The van der Waals surface area contributed by atoms with Crippen LogP contribution in [0, 0.1) is 0 Å². The smallest absolute Gasteiger partial charge is 0.239 e. The summed E-state index contributed by atoms with van der Waals surface area (Å²) in [7, 11) is -3.23. The van der Waals surface area contributed by atoms with E-state index < -0.39 is 7.37 Å². The van der Waals surface area contributed by atoms with Gasteiger partial charge < -0.3 is 15.4 Å². The van der Waals surface area contributed by atoms with Crippen molar-refractivity contribution < 1.29 is 14.2 Å². The van der Waals surface area contributed by atoms with Gasteiger partial charge in [-0.15, -0.1) is 0 Å². The number of hydrogen-bond donors (Lipinski definition) is 2. The SMILES string of the molecule is CC[C@@H](C)P(=O)(O)COc1ccc(CC(C)N)cc1. The third-order valence-electron chi connectivity index (χ3n) is 3.18. The van der Waals surface area contributed by atoms with Gasteiger partial charge in [0.15, 0.2) is 6.35 Å². The number of benzene rings is 1. The molecule has 0 heterocycles. The van der Waals surface area contributed by atoms with Gasteiger partial charge in [-0.3, -0.25) is 4.57 Å². The van der Waals surface area contributed by atoms with Gasteiger partial charge in [0.05, 0.1) is 0 Å². The summed E-state index contributed by atoms with van der Waals surface area (Å²) in [6, 6.07) is 7.62. The first-order chi connectivity index (χ1) is 8.85. The molecule has 1 rings (SSSR count). The van der Waals surface area contributed by atoms with E-state index >= 15 is 0 Å². The normalized spacial score (nSPS) is 17.5. The van der Waals surface area contributed by atoms with Crippen molar-refractivity contribution in [2.24, 2.45) is 5.73 Å². The molecule has 0 saturated carbocycles. The van der Waals surface area contributed by atoms with Crippen LogP contribution in [0.4, 0.5) is 0 Å². The molecule has 0 saturated heterocycles.